The van der Waals surface area contributed by atoms with Crippen molar-refractivity contribution in [2.45, 2.75) is 6.04 Å². The summed E-state index contributed by atoms with van der Waals surface area (Å²) in [5.41, 5.74) is 2.93. The molecule has 0 spiro atoms. The Kier molecular flexibility index (Phi) is 8.45. The molecule has 1 saturated heterocycles. The molecule has 1 fully saturated rings. The Bertz CT molecular complexity index is 1170. The summed E-state index contributed by atoms with van der Waals surface area (Å²) < 4.78 is 32.5. The summed E-state index contributed by atoms with van der Waals surface area (Å²) in [6.07, 6.45) is 0. The van der Waals surface area contributed by atoms with E-state index in [1.54, 1.807) is 7.11 Å². The normalized spacial score (nSPS) is 14.4. The van der Waals surface area contributed by atoms with Crippen molar-refractivity contribution in [2.75, 3.05) is 50.5 Å². The molecule has 190 valence electrons. The number of carbonyl (C=O) groups excluding carboxylic acids is 1. The largest absolute Gasteiger partial charge is 0.497 e. The second-order valence-electron chi connectivity index (χ2n) is 8.55. The summed E-state index contributed by atoms with van der Waals surface area (Å²) >= 11 is 0. The van der Waals surface area contributed by atoms with Crippen molar-refractivity contribution in [1.82, 2.24) is 14.9 Å². The number of methoxy groups -OCH3 is 1. The lowest BCUT2D eigenvalue weighted by Gasteiger charge is -2.35. The number of nitrogens with one attached hydrogen (secondary N) is 2. The first-order valence-electron chi connectivity index (χ1n) is 12.0. The molecular formula is C27H32N4O4S. The van der Waals surface area contributed by atoms with Gasteiger partial charge in [0.15, 0.2) is 0 Å². The number of benzene rings is 3. The van der Waals surface area contributed by atoms with Crippen LogP contribution in [0.15, 0.2) is 84.9 Å². The summed E-state index contributed by atoms with van der Waals surface area (Å²) in [4.78, 5) is 14.8. The van der Waals surface area contributed by atoms with Gasteiger partial charge in [-0.2, -0.15) is 4.31 Å². The van der Waals surface area contributed by atoms with E-state index in [1.807, 2.05) is 84.9 Å². The van der Waals surface area contributed by atoms with E-state index in [2.05, 4.69) is 15.5 Å². The second kappa shape index (κ2) is 11.9. The number of rotatable bonds is 9. The van der Waals surface area contributed by atoms with Crippen LogP contribution in [0.5, 0.6) is 5.75 Å². The summed E-state index contributed by atoms with van der Waals surface area (Å²) in [7, 11) is -1.86. The molecule has 0 unspecified atom stereocenters. The van der Waals surface area contributed by atoms with Gasteiger partial charge >= 0.3 is 6.03 Å². The van der Waals surface area contributed by atoms with Crippen molar-refractivity contribution in [1.29, 1.82) is 0 Å². The van der Waals surface area contributed by atoms with Crippen LogP contribution >= 0.6 is 0 Å². The minimum atomic E-state index is -3.48. The fourth-order valence-corrected chi connectivity index (χ4v) is 5.61. The molecule has 0 atom stereocenters. The molecule has 1 heterocycles. The van der Waals surface area contributed by atoms with Crippen molar-refractivity contribution in [3.8, 4) is 5.75 Å². The van der Waals surface area contributed by atoms with E-state index < -0.39 is 16.1 Å². The van der Waals surface area contributed by atoms with Crippen molar-refractivity contribution < 1.29 is 17.9 Å². The van der Waals surface area contributed by atoms with Crippen LogP contribution < -0.4 is 20.3 Å². The zero-order valence-corrected chi connectivity index (χ0v) is 21.2. The van der Waals surface area contributed by atoms with Gasteiger partial charge in [0.25, 0.3) is 0 Å². The molecule has 8 nitrogen and oxygen atoms in total. The molecule has 0 saturated carbocycles. The molecule has 3 aromatic carbocycles. The predicted molar refractivity (Wildman–Crippen MR) is 142 cm³/mol. The van der Waals surface area contributed by atoms with Crippen molar-refractivity contribution >= 4 is 21.7 Å². The van der Waals surface area contributed by atoms with Gasteiger partial charge in [0, 0.05) is 38.4 Å². The molecule has 1 aliphatic heterocycles. The fraction of sp³-hybridized carbons (Fsp3) is 0.296. The molecule has 4 rings (SSSR count). The highest BCUT2D eigenvalue weighted by Crippen LogP contribution is 2.22. The second-order valence-corrected chi connectivity index (χ2v) is 10.6. The zero-order valence-electron chi connectivity index (χ0n) is 20.3. The number of urea groups is 1. The summed E-state index contributed by atoms with van der Waals surface area (Å²) in [5.74, 6) is 0.639. The van der Waals surface area contributed by atoms with Gasteiger partial charge in [-0.1, -0.05) is 60.7 Å². The van der Waals surface area contributed by atoms with Gasteiger partial charge in [0.2, 0.25) is 10.0 Å². The number of carbonyl (C=O) groups is 1. The van der Waals surface area contributed by atoms with Gasteiger partial charge in [0.1, 0.15) is 5.75 Å². The maximum atomic E-state index is 12.9. The molecule has 2 amide bonds. The Balaban J connectivity index is 1.27. The number of amides is 2. The molecule has 3 aromatic rings. The number of sulfonamides is 1. The maximum Gasteiger partial charge on any atom is 0.315 e. The lowest BCUT2D eigenvalue weighted by atomic mass is 9.99. The van der Waals surface area contributed by atoms with Gasteiger partial charge in [-0.25, -0.2) is 13.2 Å². The van der Waals surface area contributed by atoms with E-state index in [0.29, 0.717) is 26.2 Å². The molecule has 0 aliphatic carbocycles. The molecule has 0 radical (unpaired) electrons. The van der Waals surface area contributed by atoms with Gasteiger partial charge in [-0.15, -0.1) is 0 Å². The van der Waals surface area contributed by atoms with Crippen LogP contribution in [0.4, 0.5) is 10.5 Å². The highest BCUT2D eigenvalue weighted by Gasteiger charge is 2.27. The molecule has 1 aliphatic rings. The number of hydrogen-bond acceptors (Lipinski definition) is 5. The Morgan fingerprint density at radius 2 is 1.42 bits per heavy atom. The topological polar surface area (TPSA) is 91.0 Å². The zero-order chi connectivity index (χ0) is 25.4. The number of ether oxygens (including phenoxy) is 1. The molecule has 0 bridgehead atoms. The average molecular weight is 509 g/mol. The number of piperazine rings is 1. The van der Waals surface area contributed by atoms with Crippen LogP contribution in [-0.4, -0.2) is 64.3 Å². The predicted octanol–water partition coefficient (Wildman–Crippen LogP) is 3.24. The molecule has 0 aromatic heterocycles. The maximum absolute atomic E-state index is 12.9. The van der Waals surface area contributed by atoms with Crippen molar-refractivity contribution in [3.05, 3.63) is 96.1 Å². The average Bonchev–Trinajstić information content (AvgIpc) is 2.93. The monoisotopic (exact) mass is 508 g/mol. The van der Waals surface area contributed by atoms with Gasteiger partial charge in [-0.05, 0) is 35.4 Å². The van der Waals surface area contributed by atoms with Gasteiger partial charge < -0.3 is 20.3 Å². The van der Waals surface area contributed by atoms with Crippen molar-refractivity contribution in [2.24, 2.45) is 0 Å². The Labute approximate surface area is 212 Å². The van der Waals surface area contributed by atoms with Crippen LogP contribution in [0.2, 0.25) is 0 Å². The van der Waals surface area contributed by atoms with Crippen LogP contribution in [0, 0.1) is 0 Å². The standard InChI is InChI=1S/C27H32N4O4S/c1-35-25-14-12-24(13-15-25)30-17-19-31(20-18-30)36(33,34)21-16-28-27(32)29-26(22-8-4-2-5-9-22)23-10-6-3-7-11-23/h2-15,26H,16-21H2,1H3,(H2,28,29,32). The number of nitrogens with zero attached hydrogens (tertiary/aromatic N) is 2. The molecule has 9 heteroatoms. The number of anilines is 1. The van der Waals surface area contributed by atoms with Crippen LogP contribution in [-0.2, 0) is 10.0 Å². The van der Waals surface area contributed by atoms with Crippen LogP contribution in [0.1, 0.15) is 17.2 Å². The highest BCUT2D eigenvalue weighted by molar-refractivity contribution is 7.89. The first-order valence-corrected chi connectivity index (χ1v) is 13.6. The van der Waals surface area contributed by atoms with E-state index in [9.17, 15) is 13.2 Å². The third-order valence-corrected chi connectivity index (χ3v) is 8.13. The lowest BCUT2D eigenvalue weighted by Crippen LogP contribution is -2.50. The quantitative estimate of drug-likeness (QED) is 0.463. The molecular weight excluding hydrogens is 476 g/mol. The summed E-state index contributed by atoms with van der Waals surface area (Å²) in [6, 6.07) is 26.3. The lowest BCUT2D eigenvalue weighted by molar-refractivity contribution is 0.239. The van der Waals surface area contributed by atoms with Crippen LogP contribution in [0.3, 0.4) is 0 Å². The van der Waals surface area contributed by atoms with Crippen LogP contribution in [0.25, 0.3) is 0 Å². The van der Waals surface area contributed by atoms with E-state index >= 15 is 0 Å². The van der Waals surface area contributed by atoms with Crippen molar-refractivity contribution in [3.63, 3.8) is 0 Å². The number of hydrogen-bond donors (Lipinski definition) is 2. The minimum Gasteiger partial charge on any atom is -0.497 e. The molecule has 36 heavy (non-hydrogen) atoms. The Morgan fingerprint density at radius 1 is 0.861 bits per heavy atom. The van der Waals surface area contributed by atoms with E-state index in [0.717, 1.165) is 22.6 Å². The SMILES string of the molecule is COc1ccc(N2CCN(S(=O)(=O)CCNC(=O)NC(c3ccccc3)c3ccccc3)CC2)cc1. The molecule has 2 N–H and O–H groups in total. The van der Waals surface area contributed by atoms with Gasteiger partial charge in [0.05, 0.1) is 18.9 Å². The first kappa shape index (κ1) is 25.5. The van der Waals surface area contributed by atoms with E-state index in [-0.39, 0.29) is 18.3 Å². The summed E-state index contributed by atoms with van der Waals surface area (Å²) in [5, 5.41) is 5.69. The smallest absolute Gasteiger partial charge is 0.315 e. The fourth-order valence-electron chi connectivity index (χ4n) is 4.27. The highest BCUT2D eigenvalue weighted by atomic mass is 32.2. The minimum absolute atomic E-state index is 0.0309. The third kappa shape index (κ3) is 6.56. The van der Waals surface area contributed by atoms with E-state index in [1.165, 1.54) is 4.31 Å². The van der Waals surface area contributed by atoms with E-state index in [4.69, 9.17) is 4.74 Å². The van der Waals surface area contributed by atoms with Gasteiger partial charge in [-0.3, -0.25) is 0 Å². The third-order valence-electron chi connectivity index (χ3n) is 6.26. The Morgan fingerprint density at radius 3 is 1.94 bits per heavy atom. The summed E-state index contributed by atoms with van der Waals surface area (Å²) in [6.45, 7) is 2.06. The Hall–Kier alpha value is -3.56. The first-order chi connectivity index (χ1) is 17.5.